The zero-order valence-electron chi connectivity index (χ0n) is 14.6. The molecule has 2 heterocycles. The molecule has 0 saturated carbocycles. The van der Waals surface area contributed by atoms with E-state index in [0.717, 1.165) is 22.9 Å². The summed E-state index contributed by atoms with van der Waals surface area (Å²) >= 11 is 1.34. The number of rotatable bonds is 5. The number of anilines is 2. The van der Waals surface area contributed by atoms with Crippen molar-refractivity contribution in [2.75, 3.05) is 23.3 Å². The maximum absolute atomic E-state index is 12.5. The second-order valence-corrected chi connectivity index (χ2v) is 7.18. The third-order valence-corrected chi connectivity index (χ3v) is 5.22. The molecule has 2 N–H and O–H groups in total. The lowest BCUT2D eigenvalue weighted by atomic mass is 10.2. The predicted molar refractivity (Wildman–Crippen MR) is 100 cm³/mol. The first kappa shape index (κ1) is 17.4. The van der Waals surface area contributed by atoms with E-state index in [1.165, 1.54) is 11.3 Å². The van der Waals surface area contributed by atoms with Gasteiger partial charge in [-0.05, 0) is 38.5 Å². The highest BCUT2D eigenvalue weighted by Gasteiger charge is 2.32. The Labute approximate surface area is 151 Å². The maximum Gasteiger partial charge on any atom is 0.263 e. The van der Waals surface area contributed by atoms with Gasteiger partial charge < -0.3 is 15.5 Å². The number of benzene rings is 1. The van der Waals surface area contributed by atoms with E-state index >= 15 is 0 Å². The van der Waals surface area contributed by atoms with Gasteiger partial charge in [-0.2, -0.15) is 0 Å². The molecule has 1 aliphatic rings. The fourth-order valence-electron chi connectivity index (χ4n) is 2.93. The van der Waals surface area contributed by atoms with Gasteiger partial charge in [-0.3, -0.25) is 9.59 Å². The van der Waals surface area contributed by atoms with Gasteiger partial charge in [-0.15, -0.1) is 0 Å². The molecule has 132 valence electrons. The van der Waals surface area contributed by atoms with Crippen LogP contribution >= 0.6 is 11.3 Å². The highest BCUT2D eigenvalue weighted by atomic mass is 32.1. The van der Waals surface area contributed by atoms with E-state index in [0.29, 0.717) is 23.5 Å². The molecule has 1 aliphatic heterocycles. The van der Waals surface area contributed by atoms with Crippen LogP contribution in [0.4, 0.5) is 10.8 Å². The molecule has 1 aromatic carbocycles. The van der Waals surface area contributed by atoms with Crippen molar-refractivity contribution >= 4 is 34.0 Å². The van der Waals surface area contributed by atoms with E-state index in [2.05, 4.69) is 15.6 Å². The molecule has 1 unspecified atom stereocenters. The van der Waals surface area contributed by atoms with Gasteiger partial charge in [0.1, 0.15) is 4.88 Å². The molecule has 1 aromatic heterocycles. The molecule has 0 spiro atoms. The summed E-state index contributed by atoms with van der Waals surface area (Å²) in [5, 5.41) is 6.85. The highest BCUT2D eigenvalue weighted by Crippen LogP contribution is 2.25. The summed E-state index contributed by atoms with van der Waals surface area (Å²) in [6, 6.07) is 7.65. The lowest BCUT2D eigenvalue weighted by Gasteiger charge is -2.17. The third kappa shape index (κ3) is 3.82. The molecular weight excluding hydrogens is 336 g/mol. The highest BCUT2D eigenvalue weighted by molar-refractivity contribution is 7.17. The number of amides is 2. The Balaban J connectivity index is 1.68. The average molecular weight is 358 g/mol. The maximum atomic E-state index is 12.5. The van der Waals surface area contributed by atoms with Crippen LogP contribution in [0.3, 0.4) is 0 Å². The molecule has 0 radical (unpaired) electrons. The Bertz CT molecular complexity index is 802. The van der Waals surface area contributed by atoms with Crippen molar-refractivity contribution in [3.05, 3.63) is 40.4 Å². The SMILES string of the molecule is CCNc1nc(C)c(C(=O)NC2CC(=O)N(c3cccc(C)c3)C2)s1. The number of carbonyl (C=O) groups is 2. The van der Waals surface area contributed by atoms with Crippen LogP contribution in [-0.2, 0) is 4.79 Å². The molecular formula is C18H22N4O2S. The lowest BCUT2D eigenvalue weighted by Crippen LogP contribution is -2.37. The van der Waals surface area contributed by atoms with Crippen molar-refractivity contribution in [3.8, 4) is 0 Å². The molecule has 6 nitrogen and oxygen atoms in total. The smallest absolute Gasteiger partial charge is 0.263 e. The van der Waals surface area contributed by atoms with E-state index in [1.54, 1.807) is 4.90 Å². The van der Waals surface area contributed by atoms with Gasteiger partial charge in [0, 0.05) is 25.2 Å². The summed E-state index contributed by atoms with van der Waals surface area (Å²) in [6.45, 7) is 7.06. The zero-order valence-corrected chi connectivity index (χ0v) is 15.4. The van der Waals surface area contributed by atoms with Crippen molar-refractivity contribution < 1.29 is 9.59 Å². The van der Waals surface area contributed by atoms with Gasteiger partial charge in [0.15, 0.2) is 5.13 Å². The quantitative estimate of drug-likeness (QED) is 0.862. The number of carbonyl (C=O) groups excluding carboxylic acids is 2. The average Bonchev–Trinajstić information content (AvgIpc) is 3.10. The van der Waals surface area contributed by atoms with Gasteiger partial charge in [0.25, 0.3) is 5.91 Å². The van der Waals surface area contributed by atoms with Crippen molar-refractivity contribution in [2.24, 2.45) is 0 Å². The molecule has 7 heteroatoms. The Kier molecular flexibility index (Phi) is 5.03. The molecule has 1 atom stereocenters. The fourth-order valence-corrected chi connectivity index (χ4v) is 3.87. The molecule has 0 aliphatic carbocycles. The monoisotopic (exact) mass is 358 g/mol. The molecule has 2 aromatic rings. The van der Waals surface area contributed by atoms with E-state index in [9.17, 15) is 9.59 Å². The number of nitrogens with one attached hydrogen (secondary N) is 2. The van der Waals surface area contributed by atoms with Crippen molar-refractivity contribution in [1.29, 1.82) is 0 Å². The van der Waals surface area contributed by atoms with E-state index in [-0.39, 0.29) is 17.9 Å². The minimum Gasteiger partial charge on any atom is -0.362 e. The molecule has 3 rings (SSSR count). The van der Waals surface area contributed by atoms with Gasteiger partial charge >= 0.3 is 0 Å². The van der Waals surface area contributed by atoms with Gasteiger partial charge in [-0.25, -0.2) is 4.98 Å². The van der Waals surface area contributed by atoms with Crippen LogP contribution in [0.5, 0.6) is 0 Å². The largest absolute Gasteiger partial charge is 0.362 e. The normalized spacial score (nSPS) is 17.0. The predicted octanol–water partition coefficient (Wildman–Crippen LogP) is 2.73. The summed E-state index contributed by atoms with van der Waals surface area (Å²) in [4.78, 5) is 31.6. The standard InChI is InChI=1S/C18H22N4O2S/c1-4-19-18-20-12(3)16(25-18)17(24)21-13-9-15(23)22(10-13)14-7-5-6-11(2)8-14/h5-8,13H,4,9-10H2,1-3H3,(H,19,20)(H,21,24). The second-order valence-electron chi connectivity index (χ2n) is 6.18. The molecule has 25 heavy (non-hydrogen) atoms. The summed E-state index contributed by atoms with van der Waals surface area (Å²) in [5.41, 5.74) is 2.69. The number of hydrogen-bond donors (Lipinski definition) is 2. The Morgan fingerprint density at radius 2 is 2.20 bits per heavy atom. The number of hydrogen-bond acceptors (Lipinski definition) is 5. The summed E-state index contributed by atoms with van der Waals surface area (Å²) in [7, 11) is 0. The Hall–Kier alpha value is -2.41. The van der Waals surface area contributed by atoms with Gasteiger partial charge in [-0.1, -0.05) is 23.5 Å². The van der Waals surface area contributed by atoms with Crippen LogP contribution in [0.2, 0.25) is 0 Å². The first-order valence-corrected chi connectivity index (χ1v) is 9.18. The molecule has 2 amide bonds. The van der Waals surface area contributed by atoms with Crippen LogP contribution < -0.4 is 15.5 Å². The number of aryl methyl sites for hydroxylation is 2. The van der Waals surface area contributed by atoms with E-state index < -0.39 is 0 Å². The van der Waals surface area contributed by atoms with Crippen molar-refractivity contribution in [2.45, 2.75) is 33.2 Å². The first-order valence-electron chi connectivity index (χ1n) is 8.37. The fraction of sp³-hybridized carbons (Fsp3) is 0.389. The Morgan fingerprint density at radius 3 is 2.92 bits per heavy atom. The molecule has 1 fully saturated rings. The van der Waals surface area contributed by atoms with Crippen molar-refractivity contribution in [1.82, 2.24) is 10.3 Å². The van der Waals surface area contributed by atoms with Crippen molar-refractivity contribution in [3.63, 3.8) is 0 Å². The first-order chi connectivity index (χ1) is 12.0. The number of thiazole rings is 1. The van der Waals surface area contributed by atoms with Crippen LogP contribution in [0.25, 0.3) is 0 Å². The van der Waals surface area contributed by atoms with E-state index in [1.807, 2.05) is 45.0 Å². The molecule has 0 bridgehead atoms. The summed E-state index contributed by atoms with van der Waals surface area (Å²) in [6.07, 6.45) is 0.317. The minimum absolute atomic E-state index is 0.0327. The lowest BCUT2D eigenvalue weighted by molar-refractivity contribution is -0.117. The second kappa shape index (κ2) is 7.23. The van der Waals surface area contributed by atoms with Crippen LogP contribution in [0.15, 0.2) is 24.3 Å². The topological polar surface area (TPSA) is 74.3 Å². The Morgan fingerprint density at radius 1 is 1.40 bits per heavy atom. The number of aromatic nitrogens is 1. The van der Waals surface area contributed by atoms with Gasteiger partial charge in [0.2, 0.25) is 5.91 Å². The minimum atomic E-state index is -0.190. The van der Waals surface area contributed by atoms with Gasteiger partial charge in [0.05, 0.1) is 11.7 Å². The summed E-state index contributed by atoms with van der Waals surface area (Å²) in [5.74, 6) is -0.131. The third-order valence-electron chi connectivity index (χ3n) is 4.10. The van der Waals surface area contributed by atoms with Crippen LogP contribution in [-0.4, -0.2) is 35.9 Å². The van der Waals surface area contributed by atoms with E-state index in [4.69, 9.17) is 0 Å². The summed E-state index contributed by atoms with van der Waals surface area (Å²) < 4.78 is 0. The number of nitrogens with zero attached hydrogens (tertiary/aromatic N) is 2. The zero-order chi connectivity index (χ0) is 18.0. The van der Waals surface area contributed by atoms with Crippen LogP contribution in [0, 0.1) is 13.8 Å². The van der Waals surface area contributed by atoms with Crippen LogP contribution in [0.1, 0.15) is 34.3 Å². The molecule has 1 saturated heterocycles.